The summed E-state index contributed by atoms with van der Waals surface area (Å²) in [5.74, 6) is 1.46. The molecule has 0 saturated heterocycles. The van der Waals surface area contributed by atoms with Crippen molar-refractivity contribution >= 4 is 0 Å². The Balaban J connectivity index is 2.11. The van der Waals surface area contributed by atoms with Crippen molar-refractivity contribution in [2.45, 2.75) is 26.2 Å². The third-order valence-corrected chi connectivity index (χ3v) is 3.42. The maximum absolute atomic E-state index is 5.18. The lowest BCUT2D eigenvalue weighted by molar-refractivity contribution is 0.414. The van der Waals surface area contributed by atoms with Gasteiger partial charge in [0.25, 0.3) is 0 Å². The van der Waals surface area contributed by atoms with E-state index in [9.17, 15) is 0 Å². The second-order valence-corrected chi connectivity index (χ2v) is 4.81. The molecule has 1 atom stereocenters. The molecule has 0 aliphatic heterocycles. The van der Waals surface area contributed by atoms with Crippen molar-refractivity contribution < 1.29 is 4.74 Å². The molecular weight excluding hydrogens is 220 g/mol. The molecule has 0 spiro atoms. The van der Waals surface area contributed by atoms with Crippen molar-refractivity contribution in [3.8, 4) is 5.75 Å². The van der Waals surface area contributed by atoms with Crippen molar-refractivity contribution in [2.24, 2.45) is 0 Å². The molecule has 0 heterocycles. The lowest BCUT2D eigenvalue weighted by Crippen LogP contribution is -2.00. The molecule has 0 amide bonds. The molecule has 2 aromatic carbocycles. The van der Waals surface area contributed by atoms with Crippen LogP contribution in [0, 0.1) is 6.92 Å². The lowest BCUT2D eigenvalue weighted by Gasteiger charge is -2.14. The normalized spacial score (nSPS) is 12.2. The first-order valence-electron chi connectivity index (χ1n) is 6.39. The lowest BCUT2D eigenvalue weighted by atomic mass is 9.91. The van der Waals surface area contributed by atoms with E-state index in [1.807, 2.05) is 12.1 Å². The van der Waals surface area contributed by atoms with Gasteiger partial charge in [0.1, 0.15) is 5.75 Å². The zero-order chi connectivity index (χ0) is 13.0. The summed E-state index contributed by atoms with van der Waals surface area (Å²) in [5, 5.41) is 0. The number of benzene rings is 2. The second-order valence-electron chi connectivity index (χ2n) is 4.81. The summed E-state index contributed by atoms with van der Waals surface area (Å²) < 4.78 is 5.18. The van der Waals surface area contributed by atoms with Crippen LogP contribution in [0.5, 0.6) is 5.75 Å². The Hall–Kier alpha value is -1.76. The topological polar surface area (TPSA) is 9.23 Å². The second kappa shape index (κ2) is 5.72. The average Bonchev–Trinajstić information content (AvgIpc) is 2.40. The smallest absolute Gasteiger partial charge is 0.118 e. The molecule has 2 rings (SSSR count). The van der Waals surface area contributed by atoms with E-state index >= 15 is 0 Å². The molecule has 2 aromatic rings. The first-order valence-corrected chi connectivity index (χ1v) is 6.39. The van der Waals surface area contributed by atoms with Gasteiger partial charge in [0.05, 0.1) is 7.11 Å². The van der Waals surface area contributed by atoms with E-state index in [-0.39, 0.29) is 0 Å². The van der Waals surface area contributed by atoms with Gasteiger partial charge in [-0.15, -0.1) is 0 Å². The van der Waals surface area contributed by atoms with Crippen LogP contribution >= 0.6 is 0 Å². The minimum absolute atomic E-state index is 0.541. The van der Waals surface area contributed by atoms with Gasteiger partial charge in [0, 0.05) is 0 Å². The molecule has 0 radical (unpaired) electrons. The molecule has 0 fully saturated rings. The largest absolute Gasteiger partial charge is 0.497 e. The monoisotopic (exact) mass is 240 g/mol. The quantitative estimate of drug-likeness (QED) is 0.772. The highest BCUT2D eigenvalue weighted by Crippen LogP contribution is 2.24. The Labute approximate surface area is 109 Å². The van der Waals surface area contributed by atoms with Crippen LogP contribution in [0.25, 0.3) is 0 Å². The Morgan fingerprint density at radius 1 is 1.00 bits per heavy atom. The predicted molar refractivity (Wildman–Crippen MR) is 76.3 cm³/mol. The van der Waals surface area contributed by atoms with Crippen LogP contribution < -0.4 is 4.74 Å². The molecule has 0 aliphatic carbocycles. The molecule has 18 heavy (non-hydrogen) atoms. The fourth-order valence-corrected chi connectivity index (χ4v) is 2.36. The Morgan fingerprint density at radius 2 is 1.67 bits per heavy atom. The van der Waals surface area contributed by atoms with Crippen LogP contribution in [0.3, 0.4) is 0 Å². The van der Waals surface area contributed by atoms with E-state index < -0.39 is 0 Å². The van der Waals surface area contributed by atoms with Gasteiger partial charge in [-0.3, -0.25) is 0 Å². The number of hydrogen-bond acceptors (Lipinski definition) is 1. The third-order valence-electron chi connectivity index (χ3n) is 3.42. The Morgan fingerprint density at radius 3 is 2.28 bits per heavy atom. The minimum Gasteiger partial charge on any atom is -0.497 e. The fraction of sp³-hybridized carbons (Fsp3) is 0.294. The summed E-state index contributed by atoms with van der Waals surface area (Å²) in [6, 6.07) is 17.0. The summed E-state index contributed by atoms with van der Waals surface area (Å²) in [6.07, 6.45) is 1.06. The average molecular weight is 240 g/mol. The maximum Gasteiger partial charge on any atom is 0.118 e. The van der Waals surface area contributed by atoms with Crippen LogP contribution in [0.1, 0.15) is 29.5 Å². The van der Waals surface area contributed by atoms with Crippen molar-refractivity contribution in [2.75, 3.05) is 7.11 Å². The molecule has 0 saturated carbocycles. The van der Waals surface area contributed by atoms with Crippen molar-refractivity contribution in [3.63, 3.8) is 0 Å². The number of hydrogen-bond donors (Lipinski definition) is 0. The molecule has 0 N–H and O–H groups in total. The summed E-state index contributed by atoms with van der Waals surface area (Å²) in [4.78, 5) is 0. The van der Waals surface area contributed by atoms with Gasteiger partial charge in [-0.05, 0) is 48.1 Å². The van der Waals surface area contributed by atoms with Gasteiger partial charge < -0.3 is 4.74 Å². The summed E-state index contributed by atoms with van der Waals surface area (Å²) in [5.41, 5.74) is 4.17. The maximum atomic E-state index is 5.18. The molecule has 0 aromatic heterocycles. The van der Waals surface area contributed by atoms with Gasteiger partial charge in [-0.1, -0.05) is 43.3 Å². The number of methoxy groups -OCH3 is 1. The summed E-state index contributed by atoms with van der Waals surface area (Å²) in [7, 11) is 1.70. The van der Waals surface area contributed by atoms with Gasteiger partial charge in [0.2, 0.25) is 0 Å². The number of ether oxygens (including phenoxy) is 1. The fourth-order valence-electron chi connectivity index (χ4n) is 2.36. The van der Waals surface area contributed by atoms with Crippen LogP contribution in [-0.4, -0.2) is 7.11 Å². The van der Waals surface area contributed by atoms with Crippen molar-refractivity contribution in [1.82, 2.24) is 0 Å². The molecule has 1 nitrogen and oxygen atoms in total. The molecular formula is C17H20O. The van der Waals surface area contributed by atoms with Gasteiger partial charge >= 0.3 is 0 Å². The van der Waals surface area contributed by atoms with Crippen LogP contribution in [0.4, 0.5) is 0 Å². The minimum atomic E-state index is 0.541. The van der Waals surface area contributed by atoms with Gasteiger partial charge in [-0.2, -0.15) is 0 Å². The van der Waals surface area contributed by atoms with E-state index in [4.69, 9.17) is 4.74 Å². The van der Waals surface area contributed by atoms with E-state index in [0.717, 1.165) is 12.2 Å². The van der Waals surface area contributed by atoms with E-state index in [2.05, 4.69) is 50.2 Å². The summed E-state index contributed by atoms with van der Waals surface area (Å²) in [6.45, 7) is 4.46. The van der Waals surface area contributed by atoms with Gasteiger partial charge in [-0.25, -0.2) is 0 Å². The van der Waals surface area contributed by atoms with E-state index in [1.54, 1.807) is 7.11 Å². The number of rotatable bonds is 4. The molecule has 1 unspecified atom stereocenters. The van der Waals surface area contributed by atoms with Gasteiger partial charge in [0.15, 0.2) is 0 Å². The van der Waals surface area contributed by atoms with E-state index in [1.165, 1.54) is 16.7 Å². The highest BCUT2D eigenvalue weighted by Gasteiger charge is 2.08. The molecule has 0 bridgehead atoms. The Bertz CT molecular complexity index is 499. The number of aryl methyl sites for hydroxylation is 1. The predicted octanol–water partition coefficient (Wildman–Crippen LogP) is 4.35. The molecule has 0 aliphatic rings. The SMILES string of the molecule is COc1ccc(CC(C)c2ccccc2C)cc1. The highest BCUT2D eigenvalue weighted by atomic mass is 16.5. The van der Waals surface area contributed by atoms with Crippen LogP contribution in [-0.2, 0) is 6.42 Å². The molecule has 1 heteroatoms. The summed E-state index contributed by atoms with van der Waals surface area (Å²) >= 11 is 0. The molecule has 94 valence electrons. The highest BCUT2D eigenvalue weighted by molar-refractivity contribution is 5.32. The first-order chi connectivity index (χ1) is 8.70. The van der Waals surface area contributed by atoms with Crippen molar-refractivity contribution in [3.05, 3.63) is 65.2 Å². The zero-order valence-corrected chi connectivity index (χ0v) is 11.3. The third kappa shape index (κ3) is 2.92. The van der Waals surface area contributed by atoms with Crippen LogP contribution in [0.15, 0.2) is 48.5 Å². The van der Waals surface area contributed by atoms with Crippen molar-refractivity contribution in [1.29, 1.82) is 0 Å². The zero-order valence-electron chi connectivity index (χ0n) is 11.3. The first kappa shape index (κ1) is 12.7. The van der Waals surface area contributed by atoms with Crippen LogP contribution in [0.2, 0.25) is 0 Å². The Kier molecular flexibility index (Phi) is 4.03. The van der Waals surface area contributed by atoms with E-state index in [0.29, 0.717) is 5.92 Å². The standard InChI is InChI=1S/C17H20O/c1-13-6-4-5-7-17(13)14(2)12-15-8-10-16(18-3)11-9-15/h4-11,14H,12H2,1-3H3.